The third kappa shape index (κ3) is 8.38. The van der Waals surface area contributed by atoms with Crippen molar-refractivity contribution >= 4 is 17.7 Å². The summed E-state index contributed by atoms with van der Waals surface area (Å²) in [4.78, 5) is 23.7. The summed E-state index contributed by atoms with van der Waals surface area (Å²) in [5, 5.41) is 20.2. The van der Waals surface area contributed by atoms with Gasteiger partial charge in [0.25, 0.3) is 5.91 Å². The van der Waals surface area contributed by atoms with E-state index in [1.807, 2.05) is 6.07 Å². The highest BCUT2D eigenvalue weighted by molar-refractivity contribution is 5.86. The zero-order valence-corrected chi connectivity index (χ0v) is 17.8. The fourth-order valence-electron chi connectivity index (χ4n) is 2.97. The second-order valence-corrected chi connectivity index (χ2v) is 6.69. The third-order valence-electron chi connectivity index (χ3n) is 4.44. The number of amides is 2. The van der Waals surface area contributed by atoms with Crippen LogP contribution in [0.25, 0.3) is 0 Å². The second kappa shape index (κ2) is 13.8. The minimum atomic E-state index is -0.776. The Kier molecular flexibility index (Phi) is 10.7. The Morgan fingerprint density at radius 2 is 1.91 bits per heavy atom. The van der Waals surface area contributed by atoms with Gasteiger partial charge in [0, 0.05) is 18.9 Å². The Bertz CT molecular complexity index is 874. The summed E-state index contributed by atoms with van der Waals surface area (Å²) in [5.41, 5.74) is 2.75. The summed E-state index contributed by atoms with van der Waals surface area (Å²) < 4.78 is 16.8. The second-order valence-electron chi connectivity index (χ2n) is 6.69. The van der Waals surface area contributed by atoms with Gasteiger partial charge < -0.3 is 19.3 Å². The largest absolute Gasteiger partial charge is 0.491 e. The SMILES string of the molecule is CO[C@H](CC/C=C/C(=O)NO)[C@H](OC(=O)Nc1ccccc1)c1cccc(OCCO)c1. The van der Waals surface area contributed by atoms with Crippen LogP contribution in [0.2, 0.25) is 0 Å². The molecule has 0 saturated carbocycles. The molecule has 2 amide bonds. The lowest BCUT2D eigenvalue weighted by Crippen LogP contribution is -2.28. The fraction of sp³-hybridized carbons (Fsp3) is 0.304. The number of rotatable bonds is 12. The predicted molar refractivity (Wildman–Crippen MR) is 117 cm³/mol. The van der Waals surface area contributed by atoms with E-state index in [4.69, 9.17) is 24.5 Å². The molecule has 0 heterocycles. The smallest absolute Gasteiger partial charge is 0.412 e. The standard InChI is InChI=1S/C23H28N2O7/c1-30-20(12-5-6-13-21(27)25-29)22(17-8-7-11-19(16-17)31-15-14-26)32-23(28)24-18-9-3-2-4-10-18/h2-4,6-11,13,16,20,22,26,29H,5,12,14-15H2,1H3,(H,24,28)(H,25,27)/b13-6+/t20-,22-/m1/s1. The van der Waals surface area contributed by atoms with E-state index in [0.29, 0.717) is 29.8 Å². The van der Waals surface area contributed by atoms with E-state index >= 15 is 0 Å². The normalized spacial score (nSPS) is 12.7. The van der Waals surface area contributed by atoms with Gasteiger partial charge in [-0.3, -0.25) is 15.3 Å². The van der Waals surface area contributed by atoms with Crippen molar-refractivity contribution in [2.75, 3.05) is 25.6 Å². The lowest BCUT2D eigenvalue weighted by Gasteiger charge is -2.26. The van der Waals surface area contributed by atoms with Crippen molar-refractivity contribution in [1.82, 2.24) is 5.48 Å². The minimum absolute atomic E-state index is 0.127. The number of hydroxylamine groups is 1. The molecule has 172 valence electrons. The molecule has 2 atom stereocenters. The van der Waals surface area contributed by atoms with Crippen molar-refractivity contribution in [3.63, 3.8) is 0 Å². The number of aliphatic hydroxyl groups is 1. The summed E-state index contributed by atoms with van der Waals surface area (Å²) in [5.74, 6) is -0.120. The van der Waals surface area contributed by atoms with Crippen LogP contribution in [0.4, 0.5) is 10.5 Å². The molecule has 0 aromatic heterocycles. The topological polar surface area (TPSA) is 126 Å². The Morgan fingerprint density at radius 3 is 2.59 bits per heavy atom. The quantitative estimate of drug-likeness (QED) is 0.225. The molecule has 0 bridgehead atoms. The van der Waals surface area contributed by atoms with Crippen molar-refractivity contribution in [3.8, 4) is 5.75 Å². The van der Waals surface area contributed by atoms with Crippen LogP contribution >= 0.6 is 0 Å². The van der Waals surface area contributed by atoms with Gasteiger partial charge in [-0.05, 0) is 42.7 Å². The molecule has 0 fully saturated rings. The van der Waals surface area contributed by atoms with Gasteiger partial charge >= 0.3 is 6.09 Å². The molecular weight excluding hydrogens is 416 g/mol. The van der Waals surface area contributed by atoms with Crippen LogP contribution < -0.4 is 15.5 Å². The Labute approximate surface area is 186 Å². The van der Waals surface area contributed by atoms with Crippen LogP contribution in [0.3, 0.4) is 0 Å². The molecule has 0 radical (unpaired) electrons. The van der Waals surface area contributed by atoms with E-state index in [1.165, 1.54) is 18.7 Å². The van der Waals surface area contributed by atoms with Gasteiger partial charge in [0.05, 0.1) is 12.7 Å². The summed E-state index contributed by atoms with van der Waals surface area (Å²) in [6.07, 6.45) is 1.69. The first-order valence-electron chi connectivity index (χ1n) is 10.1. The zero-order valence-electron chi connectivity index (χ0n) is 17.8. The maximum atomic E-state index is 12.6. The number of para-hydroxylation sites is 1. The first-order chi connectivity index (χ1) is 15.6. The molecule has 9 heteroatoms. The van der Waals surface area contributed by atoms with Crippen molar-refractivity contribution in [2.45, 2.75) is 25.0 Å². The Balaban J connectivity index is 2.19. The summed E-state index contributed by atoms with van der Waals surface area (Å²) >= 11 is 0. The highest BCUT2D eigenvalue weighted by Crippen LogP contribution is 2.29. The molecule has 0 saturated heterocycles. The lowest BCUT2D eigenvalue weighted by atomic mass is 10.00. The van der Waals surface area contributed by atoms with E-state index in [2.05, 4.69) is 5.32 Å². The minimum Gasteiger partial charge on any atom is -0.491 e. The number of hydrogen-bond acceptors (Lipinski definition) is 7. The molecule has 2 rings (SSSR count). The molecule has 0 aliphatic carbocycles. The molecule has 0 aliphatic rings. The lowest BCUT2D eigenvalue weighted by molar-refractivity contribution is -0.124. The van der Waals surface area contributed by atoms with Crippen LogP contribution in [0.15, 0.2) is 66.7 Å². The number of carbonyl (C=O) groups is 2. The van der Waals surface area contributed by atoms with Crippen LogP contribution in [-0.4, -0.2) is 48.7 Å². The number of methoxy groups -OCH3 is 1. The molecule has 32 heavy (non-hydrogen) atoms. The van der Waals surface area contributed by atoms with Gasteiger partial charge in [-0.15, -0.1) is 0 Å². The average Bonchev–Trinajstić information content (AvgIpc) is 2.82. The molecule has 0 unspecified atom stereocenters. The van der Waals surface area contributed by atoms with Crippen LogP contribution in [0.5, 0.6) is 5.75 Å². The monoisotopic (exact) mass is 444 g/mol. The number of ether oxygens (including phenoxy) is 3. The Morgan fingerprint density at radius 1 is 1.12 bits per heavy atom. The van der Waals surface area contributed by atoms with Crippen LogP contribution in [0.1, 0.15) is 24.5 Å². The number of carbonyl (C=O) groups excluding carboxylic acids is 2. The third-order valence-corrected chi connectivity index (χ3v) is 4.44. The zero-order chi connectivity index (χ0) is 23.2. The first-order valence-corrected chi connectivity index (χ1v) is 10.1. The molecule has 0 aliphatic heterocycles. The average molecular weight is 444 g/mol. The Hall–Kier alpha value is -3.40. The molecular formula is C23H28N2O7. The molecule has 0 spiro atoms. The van der Waals surface area contributed by atoms with Gasteiger partial charge in [0.2, 0.25) is 0 Å². The van der Waals surface area contributed by atoms with Crippen LogP contribution in [-0.2, 0) is 14.3 Å². The number of benzene rings is 2. The maximum Gasteiger partial charge on any atom is 0.412 e. The van der Waals surface area contributed by atoms with Crippen molar-refractivity contribution in [2.24, 2.45) is 0 Å². The molecule has 2 aromatic carbocycles. The molecule has 4 N–H and O–H groups in total. The van der Waals surface area contributed by atoms with E-state index in [9.17, 15) is 9.59 Å². The van der Waals surface area contributed by atoms with Gasteiger partial charge in [0.1, 0.15) is 12.4 Å². The van der Waals surface area contributed by atoms with Gasteiger partial charge in [-0.1, -0.05) is 36.4 Å². The van der Waals surface area contributed by atoms with Crippen molar-refractivity contribution < 1.29 is 34.1 Å². The van der Waals surface area contributed by atoms with Crippen molar-refractivity contribution in [3.05, 3.63) is 72.3 Å². The highest BCUT2D eigenvalue weighted by Gasteiger charge is 2.27. The fourth-order valence-corrected chi connectivity index (χ4v) is 2.97. The predicted octanol–water partition coefficient (Wildman–Crippen LogP) is 3.20. The van der Waals surface area contributed by atoms with E-state index < -0.39 is 24.2 Å². The highest BCUT2D eigenvalue weighted by atomic mass is 16.6. The summed E-state index contributed by atoms with van der Waals surface area (Å²) in [6.45, 7) is 0.00692. The van der Waals surface area contributed by atoms with E-state index in [0.717, 1.165) is 0 Å². The number of nitrogens with one attached hydrogen (secondary N) is 2. The number of anilines is 1. The van der Waals surface area contributed by atoms with Gasteiger partial charge in [0.15, 0.2) is 6.10 Å². The molecule has 2 aromatic rings. The molecule has 9 nitrogen and oxygen atoms in total. The van der Waals surface area contributed by atoms with Crippen molar-refractivity contribution in [1.29, 1.82) is 0 Å². The van der Waals surface area contributed by atoms with E-state index in [-0.39, 0.29) is 13.2 Å². The first kappa shape index (κ1) is 24.9. The number of hydrogen-bond donors (Lipinski definition) is 4. The summed E-state index contributed by atoms with van der Waals surface area (Å²) in [7, 11) is 1.51. The van der Waals surface area contributed by atoms with Gasteiger partial charge in [-0.25, -0.2) is 10.3 Å². The van der Waals surface area contributed by atoms with E-state index in [1.54, 1.807) is 54.6 Å². The number of allylic oxidation sites excluding steroid dienone is 1. The van der Waals surface area contributed by atoms with Gasteiger partial charge in [-0.2, -0.15) is 0 Å². The number of aliphatic hydroxyl groups excluding tert-OH is 1. The summed E-state index contributed by atoms with van der Waals surface area (Å²) in [6, 6.07) is 15.9. The van der Waals surface area contributed by atoms with Crippen LogP contribution in [0, 0.1) is 0 Å². The maximum absolute atomic E-state index is 12.6.